The molecule has 0 spiro atoms. The molecule has 4 nitrogen and oxygen atoms in total. The van der Waals surface area contributed by atoms with Crippen molar-refractivity contribution in [3.63, 3.8) is 0 Å². The Morgan fingerprint density at radius 2 is 1.75 bits per heavy atom. The Bertz CT molecular complexity index is 635. The average Bonchev–Trinajstić information content (AvgIpc) is 2.67. The molecule has 1 aromatic carbocycles. The topological polar surface area (TPSA) is 54.5 Å². The number of hydrogen-bond acceptors (Lipinski definition) is 3. The van der Waals surface area contributed by atoms with E-state index in [9.17, 15) is 13.2 Å². The van der Waals surface area contributed by atoms with E-state index in [1.807, 2.05) is 0 Å². The van der Waals surface area contributed by atoms with E-state index in [2.05, 4.69) is 13.8 Å². The SMILES string of the molecule is CC1CN(C(=O)c2cc(Cl)cc(S(=O)(=O)Cl)c2)CC1C. The van der Waals surface area contributed by atoms with Gasteiger partial charge in [-0.05, 0) is 30.0 Å². The van der Waals surface area contributed by atoms with E-state index in [4.69, 9.17) is 22.3 Å². The molecular formula is C13H15Cl2NO3S. The predicted molar refractivity (Wildman–Crippen MR) is 78.7 cm³/mol. The summed E-state index contributed by atoms with van der Waals surface area (Å²) in [4.78, 5) is 14.0. The first-order chi connectivity index (χ1) is 9.18. The zero-order chi connectivity index (χ0) is 15.1. The summed E-state index contributed by atoms with van der Waals surface area (Å²) in [5.74, 6) is 0.633. The molecule has 2 rings (SSSR count). The number of halogens is 2. The maximum atomic E-state index is 12.4. The second kappa shape index (κ2) is 5.54. The normalized spacial score (nSPS) is 23.1. The molecule has 0 aliphatic carbocycles. The van der Waals surface area contributed by atoms with Crippen LogP contribution >= 0.6 is 22.3 Å². The summed E-state index contributed by atoms with van der Waals surface area (Å²) in [5, 5.41) is 0.176. The molecule has 1 aliphatic heterocycles. The number of amides is 1. The molecule has 1 saturated heterocycles. The molecule has 0 aromatic heterocycles. The second-order valence-corrected chi connectivity index (χ2v) is 8.28. The first kappa shape index (κ1) is 15.6. The van der Waals surface area contributed by atoms with E-state index in [1.165, 1.54) is 18.2 Å². The van der Waals surface area contributed by atoms with Gasteiger partial charge in [-0.15, -0.1) is 0 Å². The van der Waals surface area contributed by atoms with Crippen LogP contribution in [-0.4, -0.2) is 32.3 Å². The standard InChI is InChI=1S/C13H15Cl2NO3S/c1-8-6-16(7-9(8)2)13(17)10-3-11(14)5-12(4-10)20(15,18)19/h3-5,8-9H,6-7H2,1-2H3. The van der Waals surface area contributed by atoms with E-state index >= 15 is 0 Å². The highest BCUT2D eigenvalue weighted by Gasteiger charge is 2.30. The van der Waals surface area contributed by atoms with Crippen LogP contribution in [0.4, 0.5) is 0 Å². The Morgan fingerprint density at radius 1 is 1.20 bits per heavy atom. The molecule has 1 heterocycles. The molecule has 0 bridgehead atoms. The highest BCUT2D eigenvalue weighted by Crippen LogP contribution is 2.26. The molecular weight excluding hydrogens is 321 g/mol. The Morgan fingerprint density at radius 3 is 2.25 bits per heavy atom. The van der Waals surface area contributed by atoms with Crippen molar-refractivity contribution in [2.75, 3.05) is 13.1 Å². The van der Waals surface area contributed by atoms with E-state index in [0.29, 0.717) is 24.9 Å². The minimum atomic E-state index is -3.91. The van der Waals surface area contributed by atoms with Gasteiger partial charge in [0.15, 0.2) is 0 Å². The van der Waals surface area contributed by atoms with Crippen molar-refractivity contribution in [1.29, 1.82) is 0 Å². The van der Waals surface area contributed by atoms with Gasteiger partial charge in [0.1, 0.15) is 0 Å². The van der Waals surface area contributed by atoms with Gasteiger partial charge in [0.2, 0.25) is 0 Å². The van der Waals surface area contributed by atoms with E-state index < -0.39 is 9.05 Å². The first-order valence-electron chi connectivity index (χ1n) is 6.23. The number of benzene rings is 1. The van der Waals surface area contributed by atoms with Crippen LogP contribution in [0.25, 0.3) is 0 Å². The Hall–Kier alpha value is -0.780. The fourth-order valence-electron chi connectivity index (χ4n) is 2.31. The number of likely N-dealkylation sites (tertiary alicyclic amines) is 1. The van der Waals surface area contributed by atoms with Crippen molar-refractivity contribution < 1.29 is 13.2 Å². The zero-order valence-electron chi connectivity index (χ0n) is 11.1. The molecule has 1 amide bonds. The van der Waals surface area contributed by atoms with Crippen LogP contribution in [-0.2, 0) is 9.05 Å². The highest BCUT2D eigenvalue weighted by molar-refractivity contribution is 8.13. The van der Waals surface area contributed by atoms with Gasteiger partial charge in [0.25, 0.3) is 15.0 Å². The summed E-state index contributed by atoms with van der Waals surface area (Å²) in [6.45, 7) is 5.50. The molecule has 7 heteroatoms. The summed E-state index contributed by atoms with van der Waals surface area (Å²) >= 11 is 5.87. The lowest BCUT2D eigenvalue weighted by atomic mass is 10.0. The van der Waals surface area contributed by atoms with Crippen LogP contribution in [0.5, 0.6) is 0 Å². The van der Waals surface area contributed by atoms with Crippen molar-refractivity contribution in [2.45, 2.75) is 18.7 Å². The van der Waals surface area contributed by atoms with Gasteiger partial charge in [0.05, 0.1) is 4.90 Å². The Kier molecular flexibility index (Phi) is 4.33. The molecule has 1 fully saturated rings. The lowest BCUT2D eigenvalue weighted by Gasteiger charge is -2.16. The summed E-state index contributed by atoms with van der Waals surface area (Å²) < 4.78 is 22.7. The summed E-state index contributed by atoms with van der Waals surface area (Å²) in [6.07, 6.45) is 0. The Balaban J connectivity index is 2.34. The second-order valence-electron chi connectivity index (χ2n) is 5.28. The van der Waals surface area contributed by atoms with Crippen LogP contribution in [0.15, 0.2) is 23.1 Å². The van der Waals surface area contributed by atoms with Gasteiger partial charge in [0, 0.05) is 34.4 Å². The smallest absolute Gasteiger partial charge is 0.261 e. The lowest BCUT2D eigenvalue weighted by molar-refractivity contribution is 0.0784. The molecule has 2 unspecified atom stereocenters. The van der Waals surface area contributed by atoms with Gasteiger partial charge >= 0.3 is 0 Å². The Labute approximate surface area is 128 Å². The highest BCUT2D eigenvalue weighted by atomic mass is 35.7. The first-order valence-corrected chi connectivity index (χ1v) is 8.91. The molecule has 110 valence electrons. The van der Waals surface area contributed by atoms with Crippen LogP contribution < -0.4 is 0 Å². The maximum Gasteiger partial charge on any atom is 0.261 e. The largest absolute Gasteiger partial charge is 0.338 e. The van der Waals surface area contributed by atoms with E-state index in [1.54, 1.807) is 4.90 Å². The zero-order valence-corrected chi connectivity index (χ0v) is 13.5. The molecule has 0 N–H and O–H groups in total. The number of carbonyl (C=O) groups excluding carboxylic acids is 1. The quantitative estimate of drug-likeness (QED) is 0.780. The maximum absolute atomic E-state index is 12.4. The lowest BCUT2D eigenvalue weighted by Crippen LogP contribution is -2.29. The number of nitrogens with zero attached hydrogens (tertiary/aromatic N) is 1. The molecule has 0 saturated carbocycles. The van der Waals surface area contributed by atoms with Crippen molar-refractivity contribution in [1.82, 2.24) is 4.90 Å². The van der Waals surface area contributed by atoms with Crippen molar-refractivity contribution >= 4 is 37.2 Å². The van der Waals surface area contributed by atoms with Crippen LogP contribution in [0.3, 0.4) is 0 Å². The van der Waals surface area contributed by atoms with Crippen LogP contribution in [0, 0.1) is 11.8 Å². The molecule has 20 heavy (non-hydrogen) atoms. The van der Waals surface area contributed by atoms with E-state index in [0.717, 1.165) is 0 Å². The van der Waals surface area contributed by atoms with Crippen LogP contribution in [0.1, 0.15) is 24.2 Å². The number of carbonyl (C=O) groups is 1. The third-order valence-electron chi connectivity index (χ3n) is 3.68. The fourth-order valence-corrected chi connectivity index (χ4v) is 3.41. The minimum absolute atomic E-state index is 0.157. The third kappa shape index (κ3) is 3.27. The fraction of sp³-hybridized carbons (Fsp3) is 0.462. The van der Waals surface area contributed by atoms with Gasteiger partial charge in [-0.1, -0.05) is 25.4 Å². The summed E-state index contributed by atoms with van der Waals surface area (Å²) in [7, 11) is 1.39. The summed E-state index contributed by atoms with van der Waals surface area (Å²) in [5.41, 5.74) is 0.248. The van der Waals surface area contributed by atoms with E-state index in [-0.39, 0.29) is 21.4 Å². The predicted octanol–water partition coefficient (Wildman–Crippen LogP) is 3.00. The van der Waals surface area contributed by atoms with Crippen molar-refractivity contribution in [3.8, 4) is 0 Å². The van der Waals surface area contributed by atoms with Gasteiger partial charge in [-0.3, -0.25) is 4.79 Å². The van der Waals surface area contributed by atoms with Crippen LogP contribution in [0.2, 0.25) is 5.02 Å². The van der Waals surface area contributed by atoms with Gasteiger partial charge in [-0.25, -0.2) is 8.42 Å². The summed E-state index contributed by atoms with van der Waals surface area (Å²) in [6, 6.07) is 3.96. The number of hydrogen-bond donors (Lipinski definition) is 0. The van der Waals surface area contributed by atoms with Crippen molar-refractivity contribution in [3.05, 3.63) is 28.8 Å². The van der Waals surface area contributed by atoms with Crippen molar-refractivity contribution in [2.24, 2.45) is 11.8 Å². The molecule has 1 aliphatic rings. The number of rotatable bonds is 2. The average molecular weight is 336 g/mol. The molecule has 1 aromatic rings. The monoisotopic (exact) mass is 335 g/mol. The minimum Gasteiger partial charge on any atom is -0.338 e. The molecule has 0 radical (unpaired) electrons. The molecule has 2 atom stereocenters. The van der Waals surface area contributed by atoms with Gasteiger partial charge in [-0.2, -0.15) is 0 Å². The third-order valence-corrected chi connectivity index (χ3v) is 5.23. The van der Waals surface area contributed by atoms with Gasteiger partial charge < -0.3 is 4.90 Å².